The lowest BCUT2D eigenvalue weighted by Crippen LogP contribution is -2.50. The van der Waals surface area contributed by atoms with E-state index in [1.807, 2.05) is 13.8 Å². The Hall–Kier alpha value is -2.12. The number of likely N-dealkylation sites (N-methyl/N-ethyl adjacent to an activating group) is 1. The van der Waals surface area contributed by atoms with Crippen LogP contribution in [0.3, 0.4) is 0 Å². The summed E-state index contributed by atoms with van der Waals surface area (Å²) in [6.45, 7) is 5.74. The van der Waals surface area contributed by atoms with Gasteiger partial charge in [0.15, 0.2) is 0 Å². The summed E-state index contributed by atoms with van der Waals surface area (Å²) in [5.41, 5.74) is 0.640. The molecule has 0 radical (unpaired) electrons. The molecule has 0 aliphatic carbocycles. The zero-order chi connectivity index (χ0) is 18.4. The Labute approximate surface area is 148 Å². The van der Waals surface area contributed by atoms with Crippen LogP contribution in [0.4, 0.5) is 5.69 Å². The largest absolute Gasteiger partial charge is 0.497 e. The number of methoxy groups -OCH3 is 1. The second-order valence-corrected chi connectivity index (χ2v) is 6.48. The van der Waals surface area contributed by atoms with Crippen molar-refractivity contribution >= 4 is 17.5 Å². The lowest BCUT2D eigenvalue weighted by Gasteiger charge is -2.35. The maximum atomic E-state index is 12.4. The molecule has 7 nitrogen and oxygen atoms in total. The van der Waals surface area contributed by atoms with Gasteiger partial charge >= 0.3 is 0 Å². The first-order valence-electron chi connectivity index (χ1n) is 8.43. The van der Waals surface area contributed by atoms with Crippen molar-refractivity contribution in [1.82, 2.24) is 9.80 Å². The maximum Gasteiger partial charge on any atom is 0.243 e. The Morgan fingerprint density at radius 3 is 2.64 bits per heavy atom. The van der Waals surface area contributed by atoms with Gasteiger partial charge in [0.25, 0.3) is 0 Å². The number of morpholine rings is 1. The summed E-state index contributed by atoms with van der Waals surface area (Å²) in [7, 11) is 3.21. The van der Waals surface area contributed by atoms with E-state index in [1.165, 1.54) is 4.90 Å². The van der Waals surface area contributed by atoms with Crippen molar-refractivity contribution in [2.75, 3.05) is 45.7 Å². The van der Waals surface area contributed by atoms with E-state index >= 15 is 0 Å². The molecule has 138 valence electrons. The molecular weight excluding hydrogens is 322 g/mol. The third-order valence-corrected chi connectivity index (χ3v) is 4.01. The number of ether oxygens (including phenoxy) is 2. The van der Waals surface area contributed by atoms with E-state index in [1.54, 1.807) is 38.4 Å². The average molecular weight is 349 g/mol. The predicted octanol–water partition coefficient (Wildman–Crippen LogP) is 1.20. The molecule has 2 rings (SSSR count). The predicted molar refractivity (Wildman–Crippen MR) is 95.7 cm³/mol. The number of carbonyl (C=O) groups is 2. The molecule has 0 saturated carbocycles. The standard InChI is InChI=1S/C18H27N3O4/c1-13-9-21(10-14(2)25-13)12-18(23)20(3)11-17(22)19-15-6-5-7-16(8-15)24-4/h5-8,13-14H,9-12H2,1-4H3,(H,19,22). The molecule has 0 spiro atoms. The molecule has 1 aromatic carbocycles. The summed E-state index contributed by atoms with van der Waals surface area (Å²) in [6.07, 6.45) is 0.219. The van der Waals surface area contributed by atoms with Crippen molar-refractivity contribution in [2.45, 2.75) is 26.1 Å². The minimum Gasteiger partial charge on any atom is -0.497 e. The highest BCUT2D eigenvalue weighted by atomic mass is 16.5. The van der Waals surface area contributed by atoms with Gasteiger partial charge in [0, 0.05) is 31.9 Å². The monoisotopic (exact) mass is 349 g/mol. The molecule has 2 atom stereocenters. The molecular formula is C18H27N3O4. The molecule has 1 aliphatic heterocycles. The highest BCUT2D eigenvalue weighted by Crippen LogP contribution is 2.16. The smallest absolute Gasteiger partial charge is 0.243 e. The van der Waals surface area contributed by atoms with Crippen LogP contribution in [-0.4, -0.2) is 74.2 Å². The number of amides is 2. The highest BCUT2D eigenvalue weighted by Gasteiger charge is 2.25. The van der Waals surface area contributed by atoms with Crippen molar-refractivity contribution in [3.63, 3.8) is 0 Å². The number of hydrogen-bond acceptors (Lipinski definition) is 5. The van der Waals surface area contributed by atoms with E-state index in [4.69, 9.17) is 9.47 Å². The van der Waals surface area contributed by atoms with E-state index in [-0.39, 0.29) is 30.6 Å². The number of rotatable bonds is 6. The number of nitrogens with zero attached hydrogens (tertiary/aromatic N) is 2. The van der Waals surface area contributed by atoms with Crippen LogP contribution in [0.5, 0.6) is 5.75 Å². The molecule has 1 aliphatic rings. The normalized spacial score (nSPS) is 20.8. The third-order valence-electron chi connectivity index (χ3n) is 4.01. The average Bonchev–Trinajstić information content (AvgIpc) is 2.53. The fourth-order valence-corrected chi connectivity index (χ4v) is 2.93. The van der Waals surface area contributed by atoms with E-state index in [0.29, 0.717) is 18.0 Å². The van der Waals surface area contributed by atoms with Gasteiger partial charge in [-0.05, 0) is 26.0 Å². The van der Waals surface area contributed by atoms with Gasteiger partial charge in [-0.25, -0.2) is 0 Å². The van der Waals surface area contributed by atoms with Gasteiger partial charge in [-0.2, -0.15) is 0 Å². The van der Waals surface area contributed by atoms with Crippen molar-refractivity contribution < 1.29 is 19.1 Å². The minimum atomic E-state index is -0.243. The van der Waals surface area contributed by atoms with E-state index in [0.717, 1.165) is 13.1 Å². The van der Waals surface area contributed by atoms with Gasteiger partial charge in [0.05, 0.1) is 32.4 Å². The molecule has 1 fully saturated rings. The summed E-state index contributed by atoms with van der Waals surface area (Å²) < 4.78 is 10.8. The molecule has 25 heavy (non-hydrogen) atoms. The lowest BCUT2D eigenvalue weighted by atomic mass is 10.2. The van der Waals surface area contributed by atoms with Crippen LogP contribution < -0.4 is 10.1 Å². The SMILES string of the molecule is COc1cccc(NC(=O)CN(C)C(=O)CN2CC(C)OC(C)C2)c1. The van der Waals surface area contributed by atoms with Crippen LogP contribution >= 0.6 is 0 Å². The molecule has 1 aromatic rings. The van der Waals surface area contributed by atoms with Crippen molar-refractivity contribution in [3.8, 4) is 5.75 Å². The molecule has 0 bridgehead atoms. The first-order chi connectivity index (χ1) is 11.9. The van der Waals surface area contributed by atoms with Crippen LogP contribution in [0, 0.1) is 0 Å². The molecule has 1 saturated heterocycles. The van der Waals surface area contributed by atoms with Gasteiger partial charge in [-0.15, -0.1) is 0 Å². The molecule has 7 heteroatoms. The van der Waals surface area contributed by atoms with Crippen LogP contribution in [0.15, 0.2) is 24.3 Å². The number of hydrogen-bond donors (Lipinski definition) is 1. The number of carbonyl (C=O) groups excluding carboxylic acids is 2. The lowest BCUT2D eigenvalue weighted by molar-refractivity contribution is -0.137. The zero-order valence-corrected chi connectivity index (χ0v) is 15.3. The molecule has 2 amide bonds. The van der Waals surface area contributed by atoms with Crippen molar-refractivity contribution in [1.29, 1.82) is 0 Å². The Morgan fingerprint density at radius 1 is 1.32 bits per heavy atom. The van der Waals surface area contributed by atoms with Crippen molar-refractivity contribution in [2.24, 2.45) is 0 Å². The van der Waals surface area contributed by atoms with Gasteiger partial charge in [0.2, 0.25) is 11.8 Å². The quantitative estimate of drug-likeness (QED) is 0.836. The van der Waals surface area contributed by atoms with Crippen LogP contribution in [0.2, 0.25) is 0 Å². The van der Waals surface area contributed by atoms with Gasteiger partial charge < -0.3 is 19.7 Å². The molecule has 2 unspecified atom stereocenters. The number of anilines is 1. The van der Waals surface area contributed by atoms with Crippen LogP contribution in [0.25, 0.3) is 0 Å². The second kappa shape index (κ2) is 8.82. The highest BCUT2D eigenvalue weighted by molar-refractivity contribution is 5.94. The summed E-state index contributed by atoms with van der Waals surface area (Å²) in [5, 5.41) is 2.77. The minimum absolute atomic E-state index is 0.00545. The number of benzene rings is 1. The van der Waals surface area contributed by atoms with E-state index < -0.39 is 0 Å². The van der Waals surface area contributed by atoms with Gasteiger partial charge in [-0.1, -0.05) is 6.07 Å². The van der Waals surface area contributed by atoms with E-state index in [9.17, 15) is 9.59 Å². The first-order valence-corrected chi connectivity index (χ1v) is 8.43. The first kappa shape index (κ1) is 19.2. The number of nitrogens with one attached hydrogen (secondary N) is 1. The molecule has 0 aromatic heterocycles. The van der Waals surface area contributed by atoms with Crippen LogP contribution in [-0.2, 0) is 14.3 Å². The Balaban J connectivity index is 1.82. The van der Waals surface area contributed by atoms with Gasteiger partial charge in [0.1, 0.15) is 5.75 Å². The topological polar surface area (TPSA) is 71.1 Å². The summed E-state index contributed by atoms with van der Waals surface area (Å²) >= 11 is 0. The summed E-state index contributed by atoms with van der Waals surface area (Å²) in [4.78, 5) is 28.0. The summed E-state index contributed by atoms with van der Waals surface area (Å²) in [5.74, 6) is 0.340. The van der Waals surface area contributed by atoms with Crippen LogP contribution in [0.1, 0.15) is 13.8 Å². The van der Waals surface area contributed by atoms with Gasteiger partial charge in [-0.3, -0.25) is 14.5 Å². The fraction of sp³-hybridized carbons (Fsp3) is 0.556. The zero-order valence-electron chi connectivity index (χ0n) is 15.3. The summed E-state index contributed by atoms with van der Waals surface area (Å²) in [6, 6.07) is 7.11. The third kappa shape index (κ3) is 6.03. The fourth-order valence-electron chi connectivity index (χ4n) is 2.93. The van der Waals surface area contributed by atoms with E-state index in [2.05, 4.69) is 10.2 Å². The Kier molecular flexibility index (Phi) is 6.78. The second-order valence-electron chi connectivity index (χ2n) is 6.48. The Bertz CT molecular complexity index is 598. The maximum absolute atomic E-state index is 12.4. The molecule has 1 N–H and O–H groups in total. The Morgan fingerprint density at radius 2 is 2.00 bits per heavy atom. The molecule has 1 heterocycles. The van der Waals surface area contributed by atoms with Crippen molar-refractivity contribution in [3.05, 3.63) is 24.3 Å².